The summed E-state index contributed by atoms with van der Waals surface area (Å²) in [5.74, 6) is -1.90. The number of quaternary nitrogens is 1. The zero-order chi connectivity index (χ0) is 17.6. The number of allylic oxidation sites excluding steroid dienone is 1. The first-order valence-corrected chi connectivity index (χ1v) is 8.15. The van der Waals surface area contributed by atoms with Gasteiger partial charge in [0.2, 0.25) is 5.69 Å². The summed E-state index contributed by atoms with van der Waals surface area (Å²) in [4.78, 5) is 0. The van der Waals surface area contributed by atoms with Crippen molar-refractivity contribution in [3.05, 3.63) is 69.0 Å². The molecule has 2 aromatic carbocycles. The van der Waals surface area contributed by atoms with E-state index in [1.807, 2.05) is 0 Å². The molecule has 0 saturated heterocycles. The zero-order valence-corrected chi connectivity index (χ0v) is 15.1. The van der Waals surface area contributed by atoms with E-state index in [9.17, 15) is 13.2 Å². The Morgan fingerprint density at radius 3 is 2.29 bits per heavy atom. The fourth-order valence-corrected chi connectivity index (χ4v) is 3.46. The maximum atomic E-state index is 14.3. The quantitative estimate of drug-likeness (QED) is 0.542. The van der Waals surface area contributed by atoms with Crippen LogP contribution < -0.4 is 4.59 Å². The van der Waals surface area contributed by atoms with Crippen molar-refractivity contribution in [2.24, 2.45) is 5.10 Å². The molecule has 1 aliphatic rings. The Kier molecular flexibility index (Phi) is 4.32. The van der Waals surface area contributed by atoms with E-state index in [4.69, 9.17) is 11.6 Å². The Labute approximate surface area is 150 Å². The first-order chi connectivity index (χ1) is 11.2. The van der Waals surface area contributed by atoms with Gasteiger partial charge in [-0.2, -0.15) is 0 Å². The molecular weight excluding hydrogens is 405 g/mol. The highest BCUT2D eigenvalue weighted by Gasteiger charge is 2.38. The van der Waals surface area contributed by atoms with E-state index < -0.39 is 22.0 Å². The van der Waals surface area contributed by atoms with Crippen LogP contribution in [0.25, 0.3) is 5.57 Å². The van der Waals surface area contributed by atoms with Crippen LogP contribution in [-0.4, -0.2) is 12.8 Å². The minimum Gasteiger partial charge on any atom is -0.207 e. The van der Waals surface area contributed by atoms with Crippen molar-refractivity contribution in [3.8, 4) is 0 Å². The summed E-state index contributed by atoms with van der Waals surface area (Å²) in [6, 6.07) is 6.35. The molecule has 1 heterocycles. The summed E-state index contributed by atoms with van der Waals surface area (Å²) < 4.78 is 41.8. The summed E-state index contributed by atoms with van der Waals surface area (Å²) in [5.41, 5.74) is 1.50. The second-order valence-corrected chi connectivity index (χ2v) is 6.92. The predicted molar refractivity (Wildman–Crippen MR) is 94.3 cm³/mol. The van der Waals surface area contributed by atoms with Crippen LogP contribution in [-0.2, 0) is 0 Å². The first-order valence-electron chi connectivity index (χ1n) is 6.98. The number of benzene rings is 2. The second-order valence-electron chi connectivity index (χ2n) is 5.60. The van der Waals surface area contributed by atoms with Gasteiger partial charge in [-0.05, 0) is 37.3 Å². The lowest BCUT2D eigenvalue weighted by atomic mass is 10.0. The third kappa shape index (κ3) is 2.90. The van der Waals surface area contributed by atoms with Crippen molar-refractivity contribution < 1.29 is 13.2 Å². The van der Waals surface area contributed by atoms with Crippen LogP contribution in [0.15, 0.2) is 46.1 Å². The Morgan fingerprint density at radius 2 is 1.71 bits per heavy atom. The van der Waals surface area contributed by atoms with Gasteiger partial charge in [0.05, 0.1) is 10.6 Å². The van der Waals surface area contributed by atoms with Gasteiger partial charge in [-0.25, -0.2) is 13.2 Å². The maximum absolute atomic E-state index is 14.3. The maximum Gasteiger partial charge on any atom is 0.235 e. The third-order valence-electron chi connectivity index (χ3n) is 3.78. The molecule has 0 spiro atoms. The molecule has 2 nitrogen and oxygen atoms in total. The fraction of sp³-hybridized carbons (Fsp3) is 0.118. The average Bonchev–Trinajstić information content (AvgIpc) is 2.73. The van der Waals surface area contributed by atoms with Gasteiger partial charge in [-0.15, -0.1) is 4.59 Å². The molecule has 0 amide bonds. The molecule has 0 saturated carbocycles. The fourth-order valence-electron chi connectivity index (χ4n) is 2.79. The number of halogens is 5. The first kappa shape index (κ1) is 17.2. The van der Waals surface area contributed by atoms with Crippen molar-refractivity contribution in [2.75, 3.05) is 7.05 Å². The number of rotatable bonds is 2. The highest BCUT2D eigenvalue weighted by atomic mass is 79.9. The van der Waals surface area contributed by atoms with Crippen molar-refractivity contribution >= 4 is 44.5 Å². The molecule has 0 bridgehead atoms. The highest BCUT2D eigenvalue weighted by Crippen LogP contribution is 2.38. The molecule has 1 aliphatic heterocycles. The van der Waals surface area contributed by atoms with E-state index in [0.29, 0.717) is 21.3 Å². The summed E-state index contributed by atoms with van der Waals surface area (Å²) >= 11 is 9.16. The topological polar surface area (TPSA) is 12.4 Å². The Bertz CT molecular complexity index is 888. The van der Waals surface area contributed by atoms with Crippen molar-refractivity contribution in [1.82, 2.24) is 4.59 Å². The van der Waals surface area contributed by atoms with Gasteiger partial charge in [0, 0.05) is 10.0 Å². The van der Waals surface area contributed by atoms with Crippen LogP contribution >= 0.6 is 27.5 Å². The molecule has 1 unspecified atom stereocenters. The zero-order valence-electron chi connectivity index (χ0n) is 12.7. The van der Waals surface area contributed by atoms with Gasteiger partial charge in [0.25, 0.3) is 0 Å². The standard InChI is InChI=1S/C17H12BrClF3N2/c1-9-13(12-4-3-11(20)7-14(12)19)8-24(2,23-9)17-15(21)5-10(18)6-16(17)22/h3-8H,1-2H3/q+1. The minimum absolute atomic E-state index is 0.203. The van der Waals surface area contributed by atoms with Crippen LogP contribution in [0, 0.1) is 17.5 Å². The number of hydrogen-bond donors (Lipinski definition) is 0. The molecule has 7 heteroatoms. The van der Waals surface area contributed by atoms with Crippen LogP contribution in [0.4, 0.5) is 18.9 Å². The second kappa shape index (κ2) is 6.02. The third-order valence-corrected chi connectivity index (χ3v) is 4.55. The van der Waals surface area contributed by atoms with Crippen LogP contribution in [0.3, 0.4) is 0 Å². The average molecular weight is 417 g/mol. The predicted octanol–water partition coefficient (Wildman–Crippen LogP) is 5.89. The SMILES string of the molecule is CC1=N[N+](C)(c2c(F)cc(Br)cc2F)C=C1c1ccc(F)cc1Cl. The van der Waals surface area contributed by atoms with Gasteiger partial charge in [0.1, 0.15) is 24.8 Å². The monoisotopic (exact) mass is 415 g/mol. The van der Waals surface area contributed by atoms with Crippen LogP contribution in [0.1, 0.15) is 12.5 Å². The van der Waals surface area contributed by atoms with Gasteiger partial charge in [-0.3, -0.25) is 0 Å². The van der Waals surface area contributed by atoms with Crippen molar-refractivity contribution in [3.63, 3.8) is 0 Å². The molecular formula is C17H12BrClF3N2+. The van der Waals surface area contributed by atoms with E-state index >= 15 is 0 Å². The lowest BCUT2D eigenvalue weighted by molar-refractivity contribution is 0.429. The lowest BCUT2D eigenvalue weighted by Crippen LogP contribution is -2.32. The molecule has 0 N–H and O–H groups in total. The molecule has 0 aromatic heterocycles. The van der Waals surface area contributed by atoms with Crippen LogP contribution in [0.5, 0.6) is 0 Å². The molecule has 0 aliphatic carbocycles. The largest absolute Gasteiger partial charge is 0.235 e. The summed E-state index contributed by atoms with van der Waals surface area (Å²) in [7, 11) is 1.56. The van der Waals surface area contributed by atoms with E-state index in [1.165, 1.54) is 30.3 Å². The van der Waals surface area contributed by atoms with E-state index in [2.05, 4.69) is 21.0 Å². The normalized spacial score (nSPS) is 20.1. The van der Waals surface area contributed by atoms with E-state index in [-0.39, 0.29) is 10.7 Å². The van der Waals surface area contributed by atoms with Gasteiger partial charge < -0.3 is 0 Å². The van der Waals surface area contributed by atoms with Gasteiger partial charge >= 0.3 is 0 Å². The highest BCUT2D eigenvalue weighted by molar-refractivity contribution is 9.10. The molecule has 24 heavy (non-hydrogen) atoms. The van der Waals surface area contributed by atoms with Gasteiger partial charge in [-0.1, -0.05) is 32.6 Å². The summed E-state index contributed by atoms with van der Waals surface area (Å²) in [6.07, 6.45) is 1.59. The molecule has 0 radical (unpaired) electrons. The Hall–Kier alpha value is -1.63. The molecule has 0 fully saturated rings. The Balaban J connectivity index is 2.16. The minimum atomic E-state index is -0.719. The summed E-state index contributed by atoms with van der Waals surface area (Å²) in [5, 5.41) is 4.59. The molecule has 1 atom stereocenters. The Morgan fingerprint density at radius 1 is 1.08 bits per heavy atom. The lowest BCUT2D eigenvalue weighted by Gasteiger charge is -2.21. The number of hydrogen-bond acceptors (Lipinski definition) is 1. The molecule has 3 rings (SSSR count). The van der Waals surface area contributed by atoms with Crippen molar-refractivity contribution in [2.45, 2.75) is 6.92 Å². The van der Waals surface area contributed by atoms with E-state index in [1.54, 1.807) is 20.2 Å². The van der Waals surface area contributed by atoms with E-state index in [0.717, 1.165) is 0 Å². The molecule has 124 valence electrons. The smallest absolute Gasteiger partial charge is 0.207 e. The number of nitrogens with zero attached hydrogens (tertiary/aromatic N) is 2. The summed E-state index contributed by atoms with van der Waals surface area (Å²) in [6.45, 7) is 1.71. The molecule has 2 aromatic rings. The van der Waals surface area contributed by atoms with Gasteiger partial charge in [0.15, 0.2) is 11.6 Å². The van der Waals surface area contributed by atoms with Crippen molar-refractivity contribution in [1.29, 1.82) is 0 Å². The van der Waals surface area contributed by atoms with Crippen LogP contribution in [0.2, 0.25) is 5.02 Å².